The molecule has 5 nitrogen and oxygen atoms in total. The van der Waals surface area contributed by atoms with Crippen molar-refractivity contribution in [1.82, 2.24) is 0 Å². The molecule has 1 heterocycles. The van der Waals surface area contributed by atoms with Gasteiger partial charge in [-0.05, 0) is 22.9 Å². The first-order valence-corrected chi connectivity index (χ1v) is 12.5. The van der Waals surface area contributed by atoms with Gasteiger partial charge in [-0.2, -0.15) is 0 Å². The molecule has 7 aromatic carbocycles. The van der Waals surface area contributed by atoms with Crippen molar-refractivity contribution in [3.8, 4) is 0 Å². The van der Waals surface area contributed by atoms with E-state index in [4.69, 9.17) is 4.42 Å². The molecule has 0 amide bonds. The molecule has 0 aliphatic carbocycles. The van der Waals surface area contributed by atoms with Crippen molar-refractivity contribution in [1.29, 1.82) is 0 Å². The highest BCUT2D eigenvalue weighted by atomic mass is 16.4. The number of benzene rings is 5. The van der Waals surface area contributed by atoms with E-state index >= 15 is 0 Å². The van der Waals surface area contributed by atoms with Crippen molar-refractivity contribution in [2.24, 2.45) is 0 Å². The van der Waals surface area contributed by atoms with E-state index in [2.05, 4.69) is 0 Å². The molecule has 0 spiro atoms. The van der Waals surface area contributed by atoms with Crippen molar-refractivity contribution in [2.45, 2.75) is 0 Å². The minimum absolute atomic E-state index is 0.117. The molecule has 8 aromatic rings. The Morgan fingerprint density at radius 1 is 0.333 bits per heavy atom. The van der Waals surface area contributed by atoms with Crippen molar-refractivity contribution in [2.75, 3.05) is 0 Å². The minimum Gasteiger partial charge on any atom is -0.422 e. The summed E-state index contributed by atoms with van der Waals surface area (Å²) in [7, 11) is 0. The third kappa shape index (κ3) is 2.68. The molecule has 0 atom stereocenters. The lowest BCUT2D eigenvalue weighted by atomic mass is 9.95. The average molecular weight is 504 g/mol. The number of rotatable bonds is 0. The van der Waals surface area contributed by atoms with E-state index < -0.39 is 11.1 Å². The summed E-state index contributed by atoms with van der Waals surface area (Å²) in [5.41, 5.74) is -1.38. The highest BCUT2D eigenvalue weighted by Gasteiger charge is 2.25. The van der Waals surface area contributed by atoms with Gasteiger partial charge in [0.25, 0.3) is 0 Å². The summed E-state index contributed by atoms with van der Waals surface area (Å²) < 4.78 is 5.86. The second kappa shape index (κ2) is 7.55. The molecule has 39 heavy (non-hydrogen) atoms. The lowest BCUT2D eigenvalue weighted by Crippen LogP contribution is -2.05. The molecular formula is C34H16O5. The van der Waals surface area contributed by atoms with Gasteiger partial charge in [-0.3, -0.25) is 14.4 Å². The fourth-order valence-corrected chi connectivity index (χ4v) is 6.22. The Labute approximate surface area is 218 Å². The Hall–Kier alpha value is -5.42. The van der Waals surface area contributed by atoms with Crippen LogP contribution in [0.3, 0.4) is 0 Å². The Morgan fingerprint density at radius 2 is 0.667 bits per heavy atom. The Bertz CT molecular complexity index is 2640. The zero-order chi connectivity index (χ0) is 26.4. The molecule has 5 heteroatoms. The Kier molecular flexibility index (Phi) is 4.19. The molecule has 0 bridgehead atoms. The third-order valence-electron chi connectivity index (χ3n) is 7.81. The number of para-hydroxylation sites is 1. The largest absolute Gasteiger partial charge is 0.422 e. The Balaban J connectivity index is 1.97. The first-order chi connectivity index (χ1) is 19.1. The van der Waals surface area contributed by atoms with Crippen LogP contribution < -0.4 is 21.9 Å². The summed E-state index contributed by atoms with van der Waals surface area (Å²) >= 11 is 0. The van der Waals surface area contributed by atoms with E-state index in [1.165, 1.54) is 0 Å². The summed E-state index contributed by atoms with van der Waals surface area (Å²) in [6.07, 6.45) is 0. The van der Waals surface area contributed by atoms with Crippen LogP contribution in [0.2, 0.25) is 0 Å². The molecule has 0 fully saturated rings. The van der Waals surface area contributed by atoms with Gasteiger partial charge < -0.3 is 4.42 Å². The van der Waals surface area contributed by atoms with Crippen LogP contribution in [0.15, 0.2) is 121 Å². The van der Waals surface area contributed by atoms with Crippen LogP contribution in [-0.2, 0) is 0 Å². The molecule has 0 N–H and O–H groups in total. The second-order valence-corrected chi connectivity index (χ2v) is 9.76. The van der Waals surface area contributed by atoms with Gasteiger partial charge in [0.05, 0.1) is 5.39 Å². The predicted octanol–water partition coefficient (Wildman–Crippen LogP) is 6.23. The van der Waals surface area contributed by atoms with Gasteiger partial charge in [-0.1, -0.05) is 84.9 Å². The van der Waals surface area contributed by atoms with Crippen LogP contribution >= 0.6 is 0 Å². The van der Waals surface area contributed by atoms with Crippen LogP contribution in [0.25, 0.3) is 75.6 Å². The SMILES string of the molecule is O=c1oc2ccccc2c2c(c(=O)c3ccccc13)c1c3ccccc3c(=O)c1c1c3ccccc3c(=O)c21. The van der Waals surface area contributed by atoms with E-state index in [0.717, 1.165) is 0 Å². The second-order valence-electron chi connectivity index (χ2n) is 9.76. The zero-order valence-corrected chi connectivity index (χ0v) is 20.3. The minimum atomic E-state index is -0.668. The van der Waals surface area contributed by atoms with E-state index in [1.54, 1.807) is 72.8 Å². The predicted molar refractivity (Wildman–Crippen MR) is 158 cm³/mol. The summed E-state index contributed by atoms with van der Waals surface area (Å²) in [4.78, 5) is 56.1. The van der Waals surface area contributed by atoms with Gasteiger partial charge in [0.15, 0.2) is 16.3 Å². The molecule has 8 rings (SSSR count). The molecule has 0 aliphatic rings. The fourth-order valence-electron chi connectivity index (χ4n) is 6.22. The summed E-state index contributed by atoms with van der Waals surface area (Å²) in [5, 5.41) is 5.16. The first-order valence-electron chi connectivity index (χ1n) is 12.5. The van der Waals surface area contributed by atoms with Gasteiger partial charge in [0.1, 0.15) is 5.58 Å². The van der Waals surface area contributed by atoms with Gasteiger partial charge in [0.2, 0.25) is 0 Å². The van der Waals surface area contributed by atoms with Gasteiger partial charge in [-0.15, -0.1) is 0 Å². The van der Waals surface area contributed by atoms with E-state index in [1.807, 2.05) is 24.3 Å². The number of fused-ring (bicyclic) bond motifs is 13. The molecule has 0 saturated heterocycles. The van der Waals surface area contributed by atoms with Gasteiger partial charge >= 0.3 is 5.63 Å². The summed E-state index contributed by atoms with van der Waals surface area (Å²) in [5.74, 6) is 0. The van der Waals surface area contributed by atoms with Crippen LogP contribution in [-0.4, -0.2) is 0 Å². The van der Waals surface area contributed by atoms with Crippen molar-refractivity contribution < 1.29 is 4.42 Å². The Morgan fingerprint density at radius 3 is 1.15 bits per heavy atom. The molecule has 182 valence electrons. The van der Waals surface area contributed by atoms with Crippen molar-refractivity contribution in [3.63, 3.8) is 0 Å². The zero-order valence-electron chi connectivity index (χ0n) is 20.3. The highest BCUT2D eigenvalue weighted by Crippen LogP contribution is 2.41. The van der Waals surface area contributed by atoms with Crippen LogP contribution in [0.1, 0.15) is 0 Å². The number of hydrogen-bond donors (Lipinski definition) is 0. The van der Waals surface area contributed by atoms with Crippen molar-refractivity contribution in [3.05, 3.63) is 138 Å². The van der Waals surface area contributed by atoms with Crippen LogP contribution in [0.4, 0.5) is 0 Å². The van der Waals surface area contributed by atoms with Crippen LogP contribution in [0, 0.1) is 0 Å². The maximum atomic E-state index is 14.6. The standard InChI is InChI=1S/C34H16O5/c35-31-19-11-3-1-9-17(19)26-28(31)25-18-10-2-4-12-20(18)32(36)29(25)27-23-15-7-8-16-24(23)39-34(38)22-14-6-5-13-21(22)33(37)30(26)27/h1-16H. The van der Waals surface area contributed by atoms with Gasteiger partial charge in [0, 0.05) is 53.9 Å². The first kappa shape index (κ1) is 21.6. The molecule has 0 radical (unpaired) electrons. The highest BCUT2D eigenvalue weighted by molar-refractivity contribution is 6.41. The van der Waals surface area contributed by atoms with E-state index in [0.29, 0.717) is 48.5 Å². The maximum absolute atomic E-state index is 14.6. The molecular weight excluding hydrogens is 488 g/mol. The third-order valence-corrected chi connectivity index (χ3v) is 7.81. The fraction of sp³-hybridized carbons (Fsp3) is 0. The van der Waals surface area contributed by atoms with E-state index in [-0.39, 0.29) is 38.0 Å². The monoisotopic (exact) mass is 504 g/mol. The maximum Gasteiger partial charge on any atom is 0.344 e. The normalized spacial score (nSPS) is 12.0. The van der Waals surface area contributed by atoms with Crippen molar-refractivity contribution >= 4 is 75.6 Å². The molecule has 0 saturated carbocycles. The average Bonchev–Trinajstić information content (AvgIpc) is 3.44. The lowest BCUT2D eigenvalue weighted by molar-refractivity contribution is 0.571. The van der Waals surface area contributed by atoms with E-state index in [9.17, 15) is 19.2 Å². The topological polar surface area (TPSA) is 81.4 Å². The van der Waals surface area contributed by atoms with Gasteiger partial charge in [-0.25, -0.2) is 4.79 Å². The summed E-state index contributed by atoms with van der Waals surface area (Å²) in [6.45, 7) is 0. The molecule has 1 aromatic heterocycles. The number of hydrogen-bond acceptors (Lipinski definition) is 5. The summed E-state index contributed by atoms with van der Waals surface area (Å²) in [6, 6.07) is 27.8. The molecule has 0 unspecified atom stereocenters. The van der Waals surface area contributed by atoms with Crippen LogP contribution in [0.5, 0.6) is 0 Å². The molecule has 0 aliphatic heterocycles. The quantitative estimate of drug-likeness (QED) is 0.245. The smallest absolute Gasteiger partial charge is 0.344 e. The lowest BCUT2D eigenvalue weighted by Gasteiger charge is -2.05.